The largest absolute Gasteiger partial charge is 0.446 e. The lowest BCUT2D eigenvalue weighted by atomic mass is 10.1. The van der Waals surface area contributed by atoms with Gasteiger partial charge < -0.3 is 0 Å². The van der Waals surface area contributed by atoms with Crippen LogP contribution >= 0.6 is 35.0 Å². The third-order valence-electron chi connectivity index (χ3n) is 1.83. The zero-order valence-corrected chi connectivity index (χ0v) is 10.8. The lowest BCUT2D eigenvalue weighted by molar-refractivity contribution is -0.116. The van der Waals surface area contributed by atoms with Gasteiger partial charge in [-0.3, -0.25) is 4.79 Å². The minimum atomic E-state index is -4.39. The van der Waals surface area contributed by atoms with Gasteiger partial charge in [0.05, 0.1) is 0 Å². The monoisotopic (exact) mass is 302 g/mol. The van der Waals surface area contributed by atoms with Crippen molar-refractivity contribution >= 4 is 40.7 Å². The standard InChI is InChI=1S/C10H7Cl2F3OS/c1-5(16)9(12)7-4-6(2-3-8(7)11)17-10(13,14)15/h2-4,9H,1H3. The summed E-state index contributed by atoms with van der Waals surface area (Å²) in [6, 6.07) is 3.70. The first-order valence-electron chi connectivity index (χ1n) is 4.40. The van der Waals surface area contributed by atoms with Crippen molar-refractivity contribution in [2.45, 2.75) is 22.7 Å². The first-order valence-corrected chi connectivity index (χ1v) is 6.03. The second-order valence-corrected chi connectivity index (χ2v) is 5.19. The highest BCUT2D eigenvalue weighted by atomic mass is 35.5. The van der Waals surface area contributed by atoms with Crippen LogP contribution in [0.2, 0.25) is 5.02 Å². The Bertz CT molecular complexity index is 434. The molecule has 7 heteroatoms. The molecule has 1 rings (SSSR count). The minimum absolute atomic E-state index is 0.0520. The lowest BCUT2D eigenvalue weighted by Crippen LogP contribution is -2.04. The van der Waals surface area contributed by atoms with Gasteiger partial charge in [-0.25, -0.2) is 0 Å². The molecular formula is C10H7Cl2F3OS. The maximum absolute atomic E-state index is 12.2. The molecule has 0 saturated carbocycles. The second kappa shape index (κ2) is 5.50. The molecule has 0 N–H and O–H groups in total. The number of halogens is 5. The molecule has 1 aromatic rings. The predicted molar refractivity (Wildman–Crippen MR) is 62.6 cm³/mol. The highest BCUT2D eigenvalue weighted by Gasteiger charge is 2.30. The van der Waals surface area contributed by atoms with Crippen LogP contribution in [0.4, 0.5) is 13.2 Å². The summed E-state index contributed by atoms with van der Waals surface area (Å²) in [6.07, 6.45) is 0. The Morgan fingerprint density at radius 1 is 1.41 bits per heavy atom. The number of ketones is 1. The summed E-state index contributed by atoms with van der Waals surface area (Å²) in [6.45, 7) is 1.25. The average Bonchev–Trinajstić information content (AvgIpc) is 2.17. The zero-order chi connectivity index (χ0) is 13.2. The summed E-state index contributed by atoms with van der Waals surface area (Å²) in [5, 5.41) is -0.858. The molecule has 0 radical (unpaired) electrons. The molecule has 94 valence electrons. The molecular weight excluding hydrogens is 296 g/mol. The number of carbonyl (C=O) groups is 1. The molecule has 0 fully saturated rings. The van der Waals surface area contributed by atoms with E-state index in [0.717, 1.165) is 0 Å². The molecule has 1 aromatic carbocycles. The Kier molecular flexibility index (Phi) is 4.75. The Hall–Kier alpha value is -0.390. The summed E-state index contributed by atoms with van der Waals surface area (Å²) in [7, 11) is 0. The maximum Gasteiger partial charge on any atom is 0.446 e. The van der Waals surface area contributed by atoms with Crippen LogP contribution in [0, 0.1) is 0 Å². The van der Waals surface area contributed by atoms with E-state index < -0.39 is 10.9 Å². The van der Waals surface area contributed by atoms with Gasteiger partial charge in [-0.05, 0) is 42.4 Å². The third-order valence-corrected chi connectivity index (χ3v) is 3.44. The van der Waals surface area contributed by atoms with Gasteiger partial charge in [-0.1, -0.05) is 11.6 Å². The molecule has 1 nitrogen and oxygen atoms in total. The Morgan fingerprint density at radius 2 is 2.00 bits per heavy atom. The topological polar surface area (TPSA) is 17.1 Å². The van der Waals surface area contributed by atoms with E-state index in [9.17, 15) is 18.0 Å². The number of thioether (sulfide) groups is 1. The number of alkyl halides is 4. The number of rotatable bonds is 3. The molecule has 1 atom stereocenters. The minimum Gasteiger partial charge on any atom is -0.298 e. The van der Waals surface area contributed by atoms with Crippen molar-refractivity contribution in [1.29, 1.82) is 0 Å². The molecule has 1 unspecified atom stereocenters. The smallest absolute Gasteiger partial charge is 0.298 e. The molecule has 0 saturated heterocycles. The SMILES string of the molecule is CC(=O)C(Cl)c1cc(SC(F)(F)F)ccc1Cl. The molecule has 0 aromatic heterocycles. The van der Waals surface area contributed by atoms with Crippen molar-refractivity contribution in [2.75, 3.05) is 0 Å². The zero-order valence-electron chi connectivity index (χ0n) is 8.52. The Labute approximate surface area is 110 Å². The van der Waals surface area contributed by atoms with E-state index in [4.69, 9.17) is 23.2 Å². The molecule has 0 amide bonds. The van der Waals surface area contributed by atoms with Crippen LogP contribution in [0.1, 0.15) is 17.9 Å². The van der Waals surface area contributed by atoms with E-state index in [1.54, 1.807) is 0 Å². The van der Waals surface area contributed by atoms with Crippen molar-refractivity contribution in [2.24, 2.45) is 0 Å². The Balaban J connectivity index is 3.06. The van der Waals surface area contributed by atoms with Crippen molar-refractivity contribution in [3.63, 3.8) is 0 Å². The molecule has 0 spiro atoms. The van der Waals surface area contributed by atoms with E-state index in [2.05, 4.69) is 0 Å². The van der Waals surface area contributed by atoms with Crippen molar-refractivity contribution in [3.05, 3.63) is 28.8 Å². The van der Waals surface area contributed by atoms with Gasteiger partial charge in [0.1, 0.15) is 5.38 Å². The number of carbonyl (C=O) groups excluding carboxylic acids is 1. The van der Waals surface area contributed by atoms with Gasteiger partial charge in [0.25, 0.3) is 0 Å². The maximum atomic E-state index is 12.2. The van der Waals surface area contributed by atoms with Crippen LogP contribution in [0.5, 0.6) is 0 Å². The summed E-state index contributed by atoms with van der Waals surface area (Å²) in [5.41, 5.74) is -4.20. The fraction of sp³-hybridized carbons (Fsp3) is 0.300. The summed E-state index contributed by atoms with van der Waals surface area (Å²) in [5.74, 6) is -0.372. The lowest BCUT2D eigenvalue weighted by Gasteiger charge is -2.11. The van der Waals surface area contributed by atoms with Crippen molar-refractivity contribution in [3.8, 4) is 0 Å². The summed E-state index contributed by atoms with van der Waals surface area (Å²) < 4.78 is 36.5. The average molecular weight is 303 g/mol. The van der Waals surface area contributed by atoms with Crippen LogP contribution in [0.3, 0.4) is 0 Å². The Morgan fingerprint density at radius 3 is 2.47 bits per heavy atom. The van der Waals surface area contributed by atoms with E-state index in [0.29, 0.717) is 0 Å². The van der Waals surface area contributed by atoms with Crippen LogP contribution in [-0.2, 0) is 4.79 Å². The van der Waals surface area contributed by atoms with Gasteiger partial charge in [0.2, 0.25) is 0 Å². The van der Waals surface area contributed by atoms with Gasteiger partial charge in [0, 0.05) is 9.92 Å². The number of benzene rings is 1. The first kappa shape index (κ1) is 14.7. The summed E-state index contributed by atoms with van der Waals surface area (Å²) >= 11 is 11.3. The van der Waals surface area contributed by atoms with Crippen LogP contribution in [0.15, 0.2) is 23.1 Å². The highest BCUT2D eigenvalue weighted by Crippen LogP contribution is 2.39. The van der Waals surface area contributed by atoms with E-state index in [1.807, 2.05) is 0 Å². The quantitative estimate of drug-likeness (QED) is 0.588. The third kappa shape index (κ3) is 4.41. The van der Waals surface area contributed by atoms with E-state index in [1.165, 1.54) is 25.1 Å². The van der Waals surface area contributed by atoms with Crippen LogP contribution in [0.25, 0.3) is 0 Å². The molecule has 0 heterocycles. The molecule has 0 aliphatic carbocycles. The van der Waals surface area contributed by atoms with Crippen molar-refractivity contribution in [1.82, 2.24) is 0 Å². The fourth-order valence-corrected chi connectivity index (χ4v) is 2.18. The number of hydrogen-bond acceptors (Lipinski definition) is 2. The fourth-order valence-electron chi connectivity index (χ4n) is 1.13. The van der Waals surface area contributed by atoms with Crippen molar-refractivity contribution < 1.29 is 18.0 Å². The highest BCUT2D eigenvalue weighted by molar-refractivity contribution is 8.00. The normalized spacial score (nSPS) is 13.5. The van der Waals surface area contributed by atoms with Crippen LogP contribution in [-0.4, -0.2) is 11.3 Å². The number of Topliss-reactive ketones (excluding diaryl/α,β-unsaturated/α-hetero) is 1. The van der Waals surface area contributed by atoms with Crippen LogP contribution < -0.4 is 0 Å². The van der Waals surface area contributed by atoms with Gasteiger partial charge >= 0.3 is 5.51 Å². The van der Waals surface area contributed by atoms with Gasteiger partial charge in [-0.2, -0.15) is 13.2 Å². The van der Waals surface area contributed by atoms with Gasteiger partial charge in [-0.15, -0.1) is 11.6 Å². The molecule has 0 aliphatic heterocycles. The number of hydrogen-bond donors (Lipinski definition) is 0. The summed E-state index contributed by atoms with van der Waals surface area (Å²) in [4.78, 5) is 11.0. The van der Waals surface area contributed by atoms with E-state index in [-0.39, 0.29) is 33.0 Å². The predicted octanol–water partition coefficient (Wildman–Crippen LogP) is 4.82. The molecule has 0 aliphatic rings. The first-order chi connectivity index (χ1) is 7.70. The molecule has 17 heavy (non-hydrogen) atoms. The van der Waals surface area contributed by atoms with Gasteiger partial charge in [0.15, 0.2) is 5.78 Å². The molecule has 0 bridgehead atoms. The van der Waals surface area contributed by atoms with E-state index >= 15 is 0 Å². The second-order valence-electron chi connectivity index (χ2n) is 3.20.